The maximum absolute atomic E-state index is 13.2. The lowest BCUT2D eigenvalue weighted by molar-refractivity contribution is -0.192. The van der Waals surface area contributed by atoms with Crippen LogP contribution >= 0.6 is 0 Å². The summed E-state index contributed by atoms with van der Waals surface area (Å²) in [6.45, 7) is 3.76. The summed E-state index contributed by atoms with van der Waals surface area (Å²) in [7, 11) is 0. The number of imidazole rings is 1. The number of benzene rings is 4. The maximum Gasteiger partial charge on any atom is 0.490 e. The maximum atomic E-state index is 13.2. The number of aromatic nitrogens is 4. The summed E-state index contributed by atoms with van der Waals surface area (Å²) in [5.74, 6) is -1.29. The molecule has 1 aliphatic carbocycles. The summed E-state index contributed by atoms with van der Waals surface area (Å²) in [6.07, 6.45) is -4.57. The summed E-state index contributed by atoms with van der Waals surface area (Å²) in [5, 5.41) is 41.8. The number of amides is 3. The van der Waals surface area contributed by atoms with Gasteiger partial charge in [-0.25, -0.2) is 14.6 Å². The Bertz CT molecular complexity index is 2510. The van der Waals surface area contributed by atoms with Crippen molar-refractivity contribution in [1.29, 1.82) is 0 Å². The number of halogens is 3. The van der Waals surface area contributed by atoms with Crippen molar-refractivity contribution in [3.05, 3.63) is 138 Å². The van der Waals surface area contributed by atoms with Gasteiger partial charge in [-0.1, -0.05) is 97.9 Å². The Morgan fingerprint density at radius 1 is 0.848 bits per heavy atom. The smallest absolute Gasteiger partial charge is 0.489 e. The number of alkyl halides is 3. The molecule has 1 aliphatic heterocycles. The highest BCUT2D eigenvalue weighted by molar-refractivity contribution is 5.89. The summed E-state index contributed by atoms with van der Waals surface area (Å²) < 4.78 is 39.4. The number of aliphatic carboxylic acids is 1. The fourth-order valence-corrected chi connectivity index (χ4v) is 7.93. The first-order valence-corrected chi connectivity index (χ1v) is 21.4. The van der Waals surface area contributed by atoms with Crippen molar-refractivity contribution in [2.75, 3.05) is 35.2 Å². The van der Waals surface area contributed by atoms with Crippen LogP contribution < -0.4 is 30.9 Å². The quantitative estimate of drug-likeness (QED) is 0.0647. The molecule has 5 atom stereocenters. The number of hydrogen-bond donors (Lipinski definition) is 7. The molecule has 66 heavy (non-hydrogen) atoms. The zero-order valence-corrected chi connectivity index (χ0v) is 35.8. The van der Waals surface area contributed by atoms with Gasteiger partial charge in [-0.3, -0.25) is 4.79 Å². The number of rotatable bonds is 14. The molecular formula is C47H50F3N9O7. The highest BCUT2D eigenvalue weighted by Crippen LogP contribution is 2.36. The predicted octanol–water partition coefficient (Wildman–Crippen LogP) is 6.24. The van der Waals surface area contributed by atoms with Gasteiger partial charge in [0, 0.05) is 43.7 Å². The first-order chi connectivity index (χ1) is 31.8. The number of nitrogens with zero attached hydrogens (tertiary/aromatic N) is 5. The molecule has 19 heteroatoms. The van der Waals surface area contributed by atoms with E-state index in [1.165, 1.54) is 0 Å². The number of hydrogen-bond acceptors (Lipinski definition) is 11. The number of carboxylic acids is 1. The van der Waals surface area contributed by atoms with Crippen LogP contribution in [-0.4, -0.2) is 103 Å². The van der Waals surface area contributed by atoms with E-state index >= 15 is 0 Å². The van der Waals surface area contributed by atoms with Gasteiger partial charge in [-0.2, -0.15) is 23.1 Å². The van der Waals surface area contributed by atoms with Crippen molar-refractivity contribution in [3.63, 3.8) is 0 Å². The Hall–Kier alpha value is -7.25. The molecule has 0 bridgehead atoms. The molecule has 4 aromatic carbocycles. The largest absolute Gasteiger partial charge is 0.490 e. The van der Waals surface area contributed by atoms with Gasteiger partial charge in [0.05, 0.1) is 18.4 Å². The third kappa shape index (κ3) is 11.7. The highest BCUT2D eigenvalue weighted by Gasteiger charge is 2.44. The summed E-state index contributed by atoms with van der Waals surface area (Å²) in [6, 6.07) is 36.0. The fourth-order valence-electron chi connectivity index (χ4n) is 7.93. The Morgan fingerprint density at radius 2 is 1.47 bits per heavy atom. The van der Waals surface area contributed by atoms with E-state index in [1.807, 2.05) is 95.9 Å². The normalized spacial score (nSPS) is 19.2. The Labute approximate surface area is 377 Å². The molecule has 0 radical (unpaired) electrons. The lowest BCUT2D eigenvalue weighted by Crippen LogP contribution is -2.42. The number of aliphatic hydroxyl groups is 2. The van der Waals surface area contributed by atoms with Crippen LogP contribution in [0.15, 0.2) is 122 Å². The molecule has 1 saturated carbocycles. The molecule has 0 unspecified atom stereocenters. The van der Waals surface area contributed by atoms with Crippen LogP contribution in [0.3, 0.4) is 0 Å². The van der Waals surface area contributed by atoms with Crippen LogP contribution in [0.1, 0.15) is 54.8 Å². The Balaban J connectivity index is 0.000000858. The fraction of sp³-hybridized carbons (Fsp3) is 0.319. The molecule has 6 aromatic rings. The molecule has 1 saturated heterocycles. The lowest BCUT2D eigenvalue weighted by Gasteiger charge is -2.22. The second kappa shape index (κ2) is 21.2. The number of anilines is 3. The zero-order chi connectivity index (χ0) is 46.8. The number of ether oxygens (including phenoxy) is 1. The van der Waals surface area contributed by atoms with E-state index in [9.17, 15) is 33.0 Å². The number of carbonyl (C=O) groups is 3. The van der Waals surface area contributed by atoms with E-state index in [4.69, 9.17) is 29.6 Å². The molecule has 0 spiro atoms. The van der Waals surface area contributed by atoms with Gasteiger partial charge in [0.15, 0.2) is 17.0 Å². The van der Waals surface area contributed by atoms with E-state index in [0.29, 0.717) is 73.4 Å². The minimum atomic E-state index is -5.08. The van der Waals surface area contributed by atoms with E-state index in [2.05, 4.69) is 45.5 Å². The SMILES string of the molecule is CCC(=O)N[C@H]1C[C@@H](n2cnc3c(NCC(c4ccccc4)c4ccccc4)nc(N4CC[C@@H](NC(=O)Nc5ccc(OCc6ccccc6)cc5)C4)nc32)[C@H](O)[C@@H]1O.O=C(O)C(F)(F)F. The summed E-state index contributed by atoms with van der Waals surface area (Å²) in [4.78, 5) is 51.1. The van der Waals surface area contributed by atoms with Crippen molar-refractivity contribution < 1.29 is 47.6 Å². The number of aliphatic hydroxyl groups excluding tert-OH is 2. The van der Waals surface area contributed by atoms with Gasteiger partial charge in [-0.05, 0) is 53.8 Å². The third-order valence-corrected chi connectivity index (χ3v) is 11.4. The van der Waals surface area contributed by atoms with E-state index in [0.717, 1.165) is 16.7 Å². The molecule has 7 N–H and O–H groups in total. The second-order valence-electron chi connectivity index (χ2n) is 15.9. The van der Waals surface area contributed by atoms with Gasteiger partial charge in [-0.15, -0.1) is 0 Å². The minimum absolute atomic E-state index is 0.000384. The predicted molar refractivity (Wildman–Crippen MR) is 240 cm³/mol. The monoisotopic (exact) mass is 909 g/mol. The van der Waals surface area contributed by atoms with Gasteiger partial charge in [0.2, 0.25) is 11.9 Å². The first-order valence-electron chi connectivity index (χ1n) is 21.4. The molecule has 16 nitrogen and oxygen atoms in total. The minimum Gasteiger partial charge on any atom is -0.489 e. The van der Waals surface area contributed by atoms with Gasteiger partial charge >= 0.3 is 18.2 Å². The topological polar surface area (TPSA) is 216 Å². The number of carboxylic acid groups (broad SMARTS) is 1. The van der Waals surface area contributed by atoms with Gasteiger partial charge < -0.3 is 50.8 Å². The number of urea groups is 1. The molecule has 2 fully saturated rings. The summed E-state index contributed by atoms with van der Waals surface area (Å²) in [5.41, 5.74) is 5.00. The van der Waals surface area contributed by atoms with Crippen LogP contribution in [0, 0.1) is 0 Å². The number of carbonyl (C=O) groups excluding carboxylic acids is 2. The van der Waals surface area contributed by atoms with E-state index in [1.54, 1.807) is 17.8 Å². The standard InChI is InChI=1S/C45H49N9O5.C2HF3O2/c1-2-38(55)50-36-24-37(41(57)40(36)56)54-28-47-39-42(46-25-35(30-14-8-4-9-15-30)31-16-10-5-11-17-31)51-44(52-43(39)54)53-23-22-33(26-53)49-45(58)48-32-18-20-34(21-19-32)59-27-29-12-6-3-7-13-29;3-2(4,5)1(6)7/h3-21,28,33,35-37,40-41,56-57H,2,22-27H2,1H3,(H,50,55)(H,46,51,52)(H2,48,49,58);(H,6,7)/t33-,36+,37-,40-,41+;/m1./s1. The number of nitrogens with one attached hydrogen (secondary N) is 4. The van der Waals surface area contributed by atoms with Crippen LogP contribution in [0.2, 0.25) is 0 Å². The molecule has 3 heterocycles. The molecule has 3 amide bonds. The van der Waals surface area contributed by atoms with Gasteiger partial charge in [0.1, 0.15) is 24.6 Å². The molecule has 2 aromatic heterocycles. The Morgan fingerprint density at radius 3 is 2.08 bits per heavy atom. The number of fused-ring (bicyclic) bond motifs is 1. The second-order valence-corrected chi connectivity index (χ2v) is 15.9. The van der Waals surface area contributed by atoms with Crippen LogP contribution in [0.5, 0.6) is 5.75 Å². The van der Waals surface area contributed by atoms with Gasteiger partial charge in [0.25, 0.3) is 0 Å². The summed E-state index contributed by atoms with van der Waals surface area (Å²) >= 11 is 0. The first kappa shape index (κ1) is 46.7. The average Bonchev–Trinajstić information content (AvgIpc) is 4.04. The highest BCUT2D eigenvalue weighted by atomic mass is 19.4. The molecular weight excluding hydrogens is 860 g/mol. The average molecular weight is 910 g/mol. The van der Waals surface area contributed by atoms with Crippen molar-refractivity contribution in [2.45, 2.75) is 75.2 Å². The van der Waals surface area contributed by atoms with Crippen molar-refractivity contribution >= 4 is 46.5 Å². The molecule has 346 valence electrons. The zero-order valence-electron chi connectivity index (χ0n) is 35.8. The Kier molecular flexibility index (Phi) is 15.0. The van der Waals surface area contributed by atoms with Crippen molar-refractivity contribution in [1.82, 2.24) is 30.2 Å². The molecule has 8 rings (SSSR count). The molecule has 2 aliphatic rings. The van der Waals surface area contributed by atoms with Crippen molar-refractivity contribution in [3.8, 4) is 5.75 Å². The van der Waals surface area contributed by atoms with Crippen LogP contribution in [0.25, 0.3) is 11.2 Å². The van der Waals surface area contributed by atoms with Crippen molar-refractivity contribution in [2.24, 2.45) is 0 Å². The van der Waals surface area contributed by atoms with E-state index in [-0.39, 0.29) is 30.3 Å². The van der Waals surface area contributed by atoms with Crippen LogP contribution in [-0.2, 0) is 16.2 Å². The third-order valence-electron chi connectivity index (χ3n) is 11.4. The van der Waals surface area contributed by atoms with E-state index < -0.39 is 36.4 Å². The lowest BCUT2D eigenvalue weighted by atomic mass is 9.91. The van der Waals surface area contributed by atoms with Crippen LogP contribution in [0.4, 0.5) is 35.4 Å².